The van der Waals surface area contributed by atoms with E-state index in [2.05, 4.69) is 5.32 Å². The third-order valence-corrected chi connectivity index (χ3v) is 1.21. The molecule has 0 spiro atoms. The number of aliphatic hydroxyl groups excluding tert-OH is 1. The highest BCUT2D eigenvalue weighted by Crippen LogP contribution is 2.06. The van der Waals surface area contributed by atoms with Crippen LogP contribution in [0.4, 0.5) is 0 Å². The third kappa shape index (κ3) is 6.42. The molecule has 0 rings (SSSR count). The van der Waals surface area contributed by atoms with Gasteiger partial charge in [0, 0.05) is 0 Å². The van der Waals surface area contributed by atoms with Gasteiger partial charge in [0.15, 0.2) is 0 Å². The molecule has 5 nitrogen and oxygen atoms in total. The van der Waals surface area contributed by atoms with Crippen LogP contribution in [0.15, 0.2) is 0 Å². The Balaban J connectivity index is 3.81. The number of hydrogen-bond donors (Lipinski definition) is 2. The van der Waals surface area contributed by atoms with Gasteiger partial charge in [-0.2, -0.15) is 0 Å². The van der Waals surface area contributed by atoms with E-state index in [1.807, 2.05) is 0 Å². The molecule has 0 aliphatic heterocycles. The van der Waals surface area contributed by atoms with Crippen LogP contribution >= 0.6 is 0 Å². The zero-order valence-corrected chi connectivity index (χ0v) is 8.96. The minimum absolute atomic E-state index is 0.221. The number of amides is 1. The summed E-state index contributed by atoms with van der Waals surface area (Å²) < 4.78 is 4.93. The van der Waals surface area contributed by atoms with Gasteiger partial charge in [-0.25, -0.2) is 0 Å². The number of ether oxygens (including phenoxy) is 1. The normalized spacial score (nSPS) is 13.2. The number of esters is 1. The zero-order valence-electron chi connectivity index (χ0n) is 8.96. The van der Waals surface area contributed by atoms with E-state index in [4.69, 9.17) is 9.84 Å². The summed E-state index contributed by atoms with van der Waals surface area (Å²) in [5.41, 5.74) is -0.563. The second-order valence-electron chi connectivity index (χ2n) is 3.98. The molecular formula is C9H17NO4. The number of aliphatic hydroxyl groups is 1. The van der Waals surface area contributed by atoms with Gasteiger partial charge in [-0.05, 0) is 27.7 Å². The molecule has 0 aliphatic rings. The predicted molar refractivity (Wildman–Crippen MR) is 50.5 cm³/mol. The van der Waals surface area contributed by atoms with Crippen molar-refractivity contribution in [3.8, 4) is 0 Å². The van der Waals surface area contributed by atoms with Crippen molar-refractivity contribution in [1.29, 1.82) is 0 Å². The van der Waals surface area contributed by atoms with Crippen molar-refractivity contribution in [2.24, 2.45) is 0 Å². The fourth-order valence-electron chi connectivity index (χ4n) is 0.685. The van der Waals surface area contributed by atoms with E-state index in [9.17, 15) is 9.59 Å². The van der Waals surface area contributed by atoms with E-state index in [0.717, 1.165) is 0 Å². The quantitative estimate of drug-likeness (QED) is 0.624. The average Bonchev–Trinajstić information content (AvgIpc) is 1.96. The minimum Gasteiger partial charge on any atom is -0.459 e. The van der Waals surface area contributed by atoms with Crippen LogP contribution in [-0.4, -0.2) is 35.2 Å². The summed E-state index contributed by atoms with van der Waals surface area (Å²) in [6, 6.07) is 0. The van der Waals surface area contributed by atoms with Crippen molar-refractivity contribution >= 4 is 11.9 Å². The molecule has 1 atom stereocenters. The molecule has 0 aromatic heterocycles. The fraction of sp³-hybridized carbons (Fsp3) is 0.778. The highest BCUT2D eigenvalue weighted by Gasteiger charge is 2.17. The van der Waals surface area contributed by atoms with Gasteiger partial charge in [0.25, 0.3) is 0 Å². The van der Waals surface area contributed by atoms with Gasteiger partial charge in [0.05, 0.1) is 0 Å². The number of hydrogen-bond acceptors (Lipinski definition) is 4. The van der Waals surface area contributed by atoms with Crippen molar-refractivity contribution in [2.75, 3.05) is 6.54 Å². The fourth-order valence-corrected chi connectivity index (χ4v) is 0.685. The maximum Gasteiger partial charge on any atom is 0.325 e. The van der Waals surface area contributed by atoms with Gasteiger partial charge in [0.2, 0.25) is 5.91 Å². The van der Waals surface area contributed by atoms with Crippen molar-refractivity contribution < 1.29 is 19.4 Å². The Morgan fingerprint density at radius 2 is 1.93 bits per heavy atom. The van der Waals surface area contributed by atoms with Crippen LogP contribution in [0.1, 0.15) is 27.7 Å². The topological polar surface area (TPSA) is 75.6 Å². The summed E-state index contributed by atoms with van der Waals surface area (Å²) in [6.07, 6.45) is -1.11. The number of nitrogens with one attached hydrogen (secondary N) is 1. The lowest BCUT2D eigenvalue weighted by atomic mass is 10.2. The first-order chi connectivity index (χ1) is 6.22. The van der Waals surface area contributed by atoms with E-state index in [1.165, 1.54) is 6.92 Å². The molecule has 1 amide bonds. The Morgan fingerprint density at radius 1 is 1.43 bits per heavy atom. The summed E-state index contributed by atoms with van der Waals surface area (Å²) in [4.78, 5) is 21.9. The molecule has 1 unspecified atom stereocenters. The van der Waals surface area contributed by atoms with Crippen molar-refractivity contribution in [2.45, 2.75) is 39.4 Å². The molecule has 14 heavy (non-hydrogen) atoms. The lowest BCUT2D eigenvalue weighted by Gasteiger charge is -2.19. The third-order valence-electron chi connectivity index (χ3n) is 1.21. The Morgan fingerprint density at radius 3 is 2.29 bits per heavy atom. The van der Waals surface area contributed by atoms with Gasteiger partial charge in [-0.1, -0.05) is 0 Å². The standard InChI is InChI=1S/C9H17NO4/c1-6(11)8(13)10-5-7(12)14-9(2,3)4/h6,11H,5H2,1-4H3,(H,10,13). The smallest absolute Gasteiger partial charge is 0.325 e. The van der Waals surface area contributed by atoms with Gasteiger partial charge in [0.1, 0.15) is 18.2 Å². The monoisotopic (exact) mass is 203 g/mol. The molecule has 0 radical (unpaired) electrons. The first-order valence-corrected chi connectivity index (χ1v) is 4.40. The second-order valence-corrected chi connectivity index (χ2v) is 3.98. The Bertz CT molecular complexity index is 217. The van der Waals surface area contributed by atoms with Crippen LogP contribution in [0.3, 0.4) is 0 Å². The molecule has 0 saturated carbocycles. The van der Waals surface area contributed by atoms with E-state index in [-0.39, 0.29) is 6.54 Å². The molecule has 0 bridgehead atoms. The SMILES string of the molecule is CC(O)C(=O)NCC(=O)OC(C)(C)C. The Kier molecular flexibility index (Phi) is 4.56. The largest absolute Gasteiger partial charge is 0.459 e. The van der Waals surface area contributed by atoms with E-state index in [0.29, 0.717) is 0 Å². The molecule has 0 fully saturated rings. The van der Waals surface area contributed by atoms with Crippen molar-refractivity contribution in [3.63, 3.8) is 0 Å². The van der Waals surface area contributed by atoms with Gasteiger partial charge >= 0.3 is 5.97 Å². The van der Waals surface area contributed by atoms with Crippen LogP contribution in [0.2, 0.25) is 0 Å². The molecule has 0 aliphatic carbocycles. The number of carbonyl (C=O) groups is 2. The number of rotatable bonds is 3. The van der Waals surface area contributed by atoms with Crippen molar-refractivity contribution in [3.05, 3.63) is 0 Å². The molecule has 82 valence electrons. The van der Waals surface area contributed by atoms with Gasteiger partial charge < -0.3 is 15.2 Å². The summed E-state index contributed by atoms with van der Waals surface area (Å²) >= 11 is 0. The summed E-state index contributed by atoms with van der Waals surface area (Å²) in [6.45, 7) is 6.32. The zero-order chi connectivity index (χ0) is 11.4. The number of carbonyl (C=O) groups excluding carboxylic acids is 2. The van der Waals surface area contributed by atoms with Crippen LogP contribution in [0.5, 0.6) is 0 Å². The van der Waals surface area contributed by atoms with Gasteiger partial charge in [-0.15, -0.1) is 0 Å². The highest BCUT2D eigenvalue weighted by molar-refractivity contribution is 5.84. The Hall–Kier alpha value is -1.10. The average molecular weight is 203 g/mol. The lowest BCUT2D eigenvalue weighted by Crippen LogP contribution is -2.38. The van der Waals surface area contributed by atoms with Crippen LogP contribution in [-0.2, 0) is 14.3 Å². The van der Waals surface area contributed by atoms with Crippen LogP contribution in [0.25, 0.3) is 0 Å². The molecular weight excluding hydrogens is 186 g/mol. The van der Waals surface area contributed by atoms with E-state index < -0.39 is 23.6 Å². The Labute approximate surface area is 83.4 Å². The highest BCUT2D eigenvalue weighted by atomic mass is 16.6. The van der Waals surface area contributed by atoms with E-state index in [1.54, 1.807) is 20.8 Å². The minimum atomic E-state index is -1.11. The van der Waals surface area contributed by atoms with Crippen molar-refractivity contribution in [1.82, 2.24) is 5.32 Å². The predicted octanol–water partition coefficient (Wildman–Crippen LogP) is -0.175. The lowest BCUT2D eigenvalue weighted by molar-refractivity contribution is -0.154. The van der Waals surface area contributed by atoms with Crippen LogP contribution < -0.4 is 5.32 Å². The first kappa shape index (κ1) is 12.9. The summed E-state index contributed by atoms with van der Waals surface area (Å²) in [5.74, 6) is -1.11. The van der Waals surface area contributed by atoms with E-state index >= 15 is 0 Å². The first-order valence-electron chi connectivity index (χ1n) is 4.40. The molecule has 2 N–H and O–H groups in total. The molecule has 0 heterocycles. The second kappa shape index (κ2) is 4.95. The molecule has 5 heteroatoms. The van der Waals surface area contributed by atoms with Crippen LogP contribution in [0, 0.1) is 0 Å². The molecule has 0 aromatic carbocycles. The molecule has 0 aromatic rings. The van der Waals surface area contributed by atoms with Gasteiger partial charge in [-0.3, -0.25) is 9.59 Å². The molecule has 0 saturated heterocycles. The summed E-state index contributed by atoms with van der Waals surface area (Å²) in [7, 11) is 0. The maximum absolute atomic E-state index is 11.1. The maximum atomic E-state index is 11.1. The summed E-state index contributed by atoms with van der Waals surface area (Å²) in [5, 5.41) is 11.0.